The van der Waals surface area contributed by atoms with Gasteiger partial charge in [-0.05, 0) is 25.9 Å². The van der Waals surface area contributed by atoms with Crippen molar-refractivity contribution in [1.82, 2.24) is 4.90 Å². The van der Waals surface area contributed by atoms with Gasteiger partial charge in [0, 0.05) is 6.54 Å². The summed E-state index contributed by atoms with van der Waals surface area (Å²) in [6.07, 6.45) is 5.03. The molecule has 0 aliphatic rings. The zero-order valence-corrected chi connectivity index (χ0v) is 10.5. The SMILES string of the molecule is CCCCN(CCCC)CC(=S)S. The van der Waals surface area contributed by atoms with Crippen LogP contribution in [0.5, 0.6) is 0 Å². The molecular weight excluding hydrogens is 198 g/mol. The highest BCUT2D eigenvalue weighted by atomic mass is 32.1. The van der Waals surface area contributed by atoms with Crippen LogP contribution in [-0.4, -0.2) is 28.7 Å². The maximum Gasteiger partial charge on any atom is 0.0588 e. The van der Waals surface area contributed by atoms with E-state index in [4.69, 9.17) is 12.2 Å². The van der Waals surface area contributed by atoms with Crippen molar-refractivity contribution in [3.8, 4) is 0 Å². The second-order valence-electron chi connectivity index (χ2n) is 3.38. The van der Waals surface area contributed by atoms with Gasteiger partial charge in [0.1, 0.15) is 0 Å². The first-order valence-corrected chi connectivity index (χ1v) is 6.00. The molecule has 0 amide bonds. The van der Waals surface area contributed by atoms with E-state index in [9.17, 15) is 0 Å². The van der Waals surface area contributed by atoms with E-state index < -0.39 is 0 Å². The lowest BCUT2D eigenvalue weighted by molar-refractivity contribution is 0.303. The van der Waals surface area contributed by atoms with Crippen molar-refractivity contribution >= 4 is 29.0 Å². The molecule has 0 aliphatic heterocycles. The molecule has 0 saturated carbocycles. The lowest BCUT2D eigenvalue weighted by Gasteiger charge is -2.20. The molecular formula is C10H21NS2. The Labute approximate surface area is 93.3 Å². The lowest BCUT2D eigenvalue weighted by atomic mass is 10.2. The molecule has 0 aromatic carbocycles. The van der Waals surface area contributed by atoms with Crippen LogP contribution >= 0.6 is 24.8 Å². The van der Waals surface area contributed by atoms with Crippen molar-refractivity contribution < 1.29 is 0 Å². The van der Waals surface area contributed by atoms with Crippen molar-refractivity contribution in [2.75, 3.05) is 19.6 Å². The molecule has 0 heterocycles. The zero-order valence-electron chi connectivity index (χ0n) is 8.75. The summed E-state index contributed by atoms with van der Waals surface area (Å²) in [4.78, 5) is 2.41. The summed E-state index contributed by atoms with van der Waals surface area (Å²) in [5.41, 5.74) is 0. The van der Waals surface area contributed by atoms with E-state index in [2.05, 4.69) is 31.4 Å². The minimum Gasteiger partial charge on any atom is -0.298 e. The van der Waals surface area contributed by atoms with Gasteiger partial charge in [-0.2, -0.15) is 0 Å². The Kier molecular flexibility index (Phi) is 9.25. The Balaban J connectivity index is 3.66. The number of hydrogen-bond acceptors (Lipinski definition) is 2. The molecule has 0 bridgehead atoms. The van der Waals surface area contributed by atoms with E-state index >= 15 is 0 Å². The van der Waals surface area contributed by atoms with Gasteiger partial charge in [-0.3, -0.25) is 4.90 Å². The summed E-state index contributed by atoms with van der Waals surface area (Å²) in [5.74, 6) is 0. The molecule has 78 valence electrons. The van der Waals surface area contributed by atoms with Crippen LogP contribution in [0.2, 0.25) is 0 Å². The van der Waals surface area contributed by atoms with E-state index in [0.29, 0.717) is 0 Å². The quantitative estimate of drug-likeness (QED) is 0.493. The van der Waals surface area contributed by atoms with Crippen LogP contribution in [0.25, 0.3) is 0 Å². The molecule has 0 fully saturated rings. The molecule has 0 saturated heterocycles. The Morgan fingerprint density at radius 1 is 1.15 bits per heavy atom. The van der Waals surface area contributed by atoms with Crippen LogP contribution in [0.3, 0.4) is 0 Å². The minimum absolute atomic E-state index is 0.812. The number of rotatable bonds is 8. The van der Waals surface area contributed by atoms with Gasteiger partial charge in [0.15, 0.2) is 0 Å². The van der Waals surface area contributed by atoms with Crippen LogP contribution in [0.15, 0.2) is 0 Å². The van der Waals surface area contributed by atoms with Crippen molar-refractivity contribution in [1.29, 1.82) is 0 Å². The van der Waals surface area contributed by atoms with Crippen molar-refractivity contribution in [2.45, 2.75) is 39.5 Å². The Morgan fingerprint density at radius 3 is 1.92 bits per heavy atom. The molecule has 0 spiro atoms. The van der Waals surface area contributed by atoms with E-state index in [1.165, 1.54) is 25.7 Å². The van der Waals surface area contributed by atoms with E-state index in [1.54, 1.807) is 0 Å². The Bertz CT molecular complexity index is 129. The molecule has 0 unspecified atom stereocenters. The Hall–Kier alpha value is 0.400. The van der Waals surface area contributed by atoms with E-state index in [0.717, 1.165) is 23.8 Å². The second-order valence-corrected chi connectivity index (χ2v) is 4.71. The topological polar surface area (TPSA) is 3.24 Å². The van der Waals surface area contributed by atoms with Crippen molar-refractivity contribution in [3.63, 3.8) is 0 Å². The second kappa shape index (κ2) is 8.97. The third-order valence-electron chi connectivity index (χ3n) is 2.01. The molecule has 1 nitrogen and oxygen atoms in total. The van der Waals surface area contributed by atoms with Crippen molar-refractivity contribution in [2.24, 2.45) is 0 Å². The predicted molar refractivity (Wildman–Crippen MR) is 67.8 cm³/mol. The van der Waals surface area contributed by atoms with Gasteiger partial charge in [0.2, 0.25) is 0 Å². The van der Waals surface area contributed by atoms with Crippen LogP contribution in [0.1, 0.15) is 39.5 Å². The number of nitrogens with zero attached hydrogens (tertiary/aromatic N) is 1. The molecule has 3 heteroatoms. The van der Waals surface area contributed by atoms with Gasteiger partial charge in [-0.15, -0.1) is 12.6 Å². The predicted octanol–water partition coefficient (Wildman–Crippen LogP) is 3.15. The van der Waals surface area contributed by atoms with Gasteiger partial charge in [0.05, 0.1) is 4.20 Å². The molecule has 0 radical (unpaired) electrons. The lowest BCUT2D eigenvalue weighted by Crippen LogP contribution is -2.29. The fourth-order valence-electron chi connectivity index (χ4n) is 1.22. The highest BCUT2D eigenvalue weighted by molar-refractivity contribution is 8.11. The first-order chi connectivity index (χ1) is 6.20. The molecule has 13 heavy (non-hydrogen) atoms. The summed E-state index contributed by atoms with van der Waals surface area (Å²) in [7, 11) is 0. The summed E-state index contributed by atoms with van der Waals surface area (Å²) in [6.45, 7) is 7.64. The highest BCUT2D eigenvalue weighted by Gasteiger charge is 2.04. The zero-order chi connectivity index (χ0) is 10.1. The summed E-state index contributed by atoms with van der Waals surface area (Å²) in [5, 5.41) is 0. The van der Waals surface area contributed by atoms with Gasteiger partial charge in [0.25, 0.3) is 0 Å². The van der Waals surface area contributed by atoms with Crippen molar-refractivity contribution in [3.05, 3.63) is 0 Å². The maximum atomic E-state index is 5.00. The third-order valence-corrected chi connectivity index (χ3v) is 2.29. The molecule has 0 rings (SSSR count). The first kappa shape index (κ1) is 13.4. The van der Waals surface area contributed by atoms with Gasteiger partial charge in [-0.25, -0.2) is 0 Å². The molecule has 0 aromatic heterocycles. The molecule has 0 N–H and O–H groups in total. The van der Waals surface area contributed by atoms with Gasteiger partial charge in [-0.1, -0.05) is 38.9 Å². The van der Waals surface area contributed by atoms with Crippen LogP contribution in [0, 0.1) is 0 Å². The Morgan fingerprint density at radius 2 is 1.62 bits per heavy atom. The molecule has 0 aliphatic carbocycles. The largest absolute Gasteiger partial charge is 0.298 e. The first-order valence-electron chi connectivity index (χ1n) is 5.14. The van der Waals surface area contributed by atoms with Gasteiger partial charge < -0.3 is 0 Å². The molecule has 0 aromatic rings. The van der Waals surface area contributed by atoms with Crippen LogP contribution in [0.4, 0.5) is 0 Å². The average Bonchev–Trinajstić information content (AvgIpc) is 2.09. The normalized spacial score (nSPS) is 10.8. The van der Waals surface area contributed by atoms with Crippen LogP contribution < -0.4 is 0 Å². The summed E-state index contributed by atoms with van der Waals surface area (Å²) >= 11 is 9.17. The number of unbranched alkanes of at least 4 members (excludes halogenated alkanes) is 2. The number of thiol groups is 1. The van der Waals surface area contributed by atoms with E-state index in [1.807, 2.05) is 0 Å². The fourth-order valence-corrected chi connectivity index (χ4v) is 1.61. The highest BCUT2D eigenvalue weighted by Crippen LogP contribution is 2.00. The van der Waals surface area contributed by atoms with E-state index in [-0.39, 0.29) is 0 Å². The third kappa shape index (κ3) is 8.72. The minimum atomic E-state index is 0.812. The fraction of sp³-hybridized carbons (Fsp3) is 0.900. The average molecular weight is 219 g/mol. The summed E-state index contributed by atoms with van der Waals surface area (Å²) in [6, 6.07) is 0. The smallest absolute Gasteiger partial charge is 0.0588 e. The number of thiocarbonyl (C=S) groups is 1. The monoisotopic (exact) mass is 219 g/mol. The molecule has 0 atom stereocenters. The van der Waals surface area contributed by atoms with Gasteiger partial charge >= 0.3 is 0 Å². The standard InChI is InChI=1S/C10H21NS2/c1-3-5-7-11(8-6-4-2)9-10(12)13/h3-9H2,1-2H3,(H,12,13). The number of hydrogen-bond donors (Lipinski definition) is 1. The van der Waals surface area contributed by atoms with Crippen LogP contribution in [-0.2, 0) is 0 Å². The maximum absolute atomic E-state index is 5.00. The summed E-state index contributed by atoms with van der Waals surface area (Å²) < 4.78 is 0.812.